The Morgan fingerprint density at radius 3 is 2.70 bits per heavy atom. The van der Waals surface area contributed by atoms with Crippen molar-refractivity contribution in [2.24, 2.45) is 0 Å². The van der Waals surface area contributed by atoms with Crippen LogP contribution in [0.2, 0.25) is 0 Å². The van der Waals surface area contributed by atoms with Crippen LogP contribution in [0.5, 0.6) is 0 Å². The maximum Gasteiger partial charge on any atom is 0.240 e. The van der Waals surface area contributed by atoms with Gasteiger partial charge in [0.25, 0.3) is 0 Å². The lowest BCUT2D eigenvalue weighted by atomic mass is 10.1. The molecule has 1 aromatic rings. The molecule has 4 nitrogen and oxygen atoms in total. The molecule has 2 rings (SSSR count). The summed E-state index contributed by atoms with van der Waals surface area (Å²) in [7, 11) is 3.98. The highest BCUT2D eigenvalue weighted by atomic mass is 32.2. The Hall–Kier alpha value is -1.33. The van der Waals surface area contributed by atoms with Crippen molar-refractivity contribution < 1.29 is 9.59 Å². The van der Waals surface area contributed by atoms with Gasteiger partial charge >= 0.3 is 0 Å². The largest absolute Gasteiger partial charge is 0.309 e. The molecule has 0 fully saturated rings. The summed E-state index contributed by atoms with van der Waals surface area (Å²) in [5, 5.41) is -0.105. The Kier molecular flexibility index (Phi) is 4.50. The van der Waals surface area contributed by atoms with E-state index in [0.717, 1.165) is 17.1 Å². The number of anilines is 1. The number of carbonyl (C=O) groups is 2. The molecule has 0 saturated heterocycles. The van der Waals surface area contributed by atoms with E-state index in [1.807, 2.05) is 38.1 Å². The molecule has 1 aliphatic heterocycles. The lowest BCUT2D eigenvalue weighted by Gasteiger charge is -2.33. The lowest BCUT2D eigenvalue weighted by Crippen LogP contribution is -2.43. The van der Waals surface area contributed by atoms with Gasteiger partial charge in [0.2, 0.25) is 5.91 Å². The topological polar surface area (TPSA) is 40.6 Å². The minimum Gasteiger partial charge on any atom is -0.309 e. The van der Waals surface area contributed by atoms with Crippen LogP contribution in [0.3, 0.4) is 0 Å². The van der Waals surface area contributed by atoms with Crippen molar-refractivity contribution in [3.05, 3.63) is 23.8 Å². The van der Waals surface area contributed by atoms with Gasteiger partial charge in [-0.3, -0.25) is 9.59 Å². The third-order valence-corrected chi connectivity index (χ3v) is 4.48. The highest BCUT2D eigenvalue weighted by Gasteiger charge is 2.30. The smallest absolute Gasteiger partial charge is 0.240 e. The van der Waals surface area contributed by atoms with E-state index in [-0.39, 0.29) is 16.9 Å². The fourth-order valence-corrected chi connectivity index (χ4v) is 3.26. The van der Waals surface area contributed by atoms with Crippen molar-refractivity contribution in [2.75, 3.05) is 32.1 Å². The first kappa shape index (κ1) is 15.1. The number of benzene rings is 1. The number of nitrogens with zero attached hydrogens (tertiary/aromatic N) is 2. The van der Waals surface area contributed by atoms with Crippen LogP contribution in [0.25, 0.3) is 0 Å². The monoisotopic (exact) mass is 292 g/mol. The lowest BCUT2D eigenvalue weighted by molar-refractivity contribution is -0.118. The molecule has 20 heavy (non-hydrogen) atoms. The molecule has 0 spiro atoms. The third kappa shape index (κ3) is 3.04. The van der Waals surface area contributed by atoms with Crippen molar-refractivity contribution in [2.45, 2.75) is 24.0 Å². The van der Waals surface area contributed by atoms with Crippen molar-refractivity contribution in [3.63, 3.8) is 0 Å². The van der Waals surface area contributed by atoms with Gasteiger partial charge in [-0.15, -0.1) is 11.8 Å². The number of fused-ring (bicyclic) bond motifs is 1. The van der Waals surface area contributed by atoms with Gasteiger partial charge in [0.15, 0.2) is 5.78 Å². The summed E-state index contributed by atoms with van der Waals surface area (Å²) < 4.78 is 0. The minimum absolute atomic E-state index is 0.0535. The van der Waals surface area contributed by atoms with Gasteiger partial charge in [0.05, 0.1) is 10.9 Å². The Bertz CT molecular complexity index is 543. The van der Waals surface area contributed by atoms with Crippen LogP contribution in [0, 0.1) is 0 Å². The maximum atomic E-state index is 12.3. The van der Waals surface area contributed by atoms with Crippen molar-refractivity contribution in [3.8, 4) is 0 Å². The van der Waals surface area contributed by atoms with Gasteiger partial charge in [-0.25, -0.2) is 0 Å². The molecule has 1 unspecified atom stereocenters. The molecule has 0 saturated carbocycles. The normalized spacial score (nSPS) is 18.4. The molecule has 5 heteroatoms. The van der Waals surface area contributed by atoms with E-state index in [1.54, 1.807) is 13.0 Å². The second-order valence-electron chi connectivity index (χ2n) is 5.29. The fraction of sp³-hybridized carbons (Fsp3) is 0.467. The zero-order valence-corrected chi connectivity index (χ0v) is 13.2. The predicted molar refractivity (Wildman–Crippen MR) is 82.7 cm³/mol. The van der Waals surface area contributed by atoms with E-state index < -0.39 is 0 Å². The van der Waals surface area contributed by atoms with Gasteiger partial charge in [-0.1, -0.05) is 0 Å². The van der Waals surface area contributed by atoms with E-state index in [0.29, 0.717) is 12.1 Å². The number of hydrogen-bond acceptors (Lipinski definition) is 4. The zero-order chi connectivity index (χ0) is 14.9. The standard InChI is InChI=1S/C15H20N2O2S/c1-10(18)12-5-6-13-14(9-12)20-11(2)15(19)17(13)8-7-16(3)4/h5-6,9,11H,7-8H2,1-4H3. The number of amides is 1. The van der Waals surface area contributed by atoms with Crippen LogP contribution in [-0.2, 0) is 4.79 Å². The molecule has 1 amide bonds. The van der Waals surface area contributed by atoms with Gasteiger partial charge < -0.3 is 9.80 Å². The van der Waals surface area contributed by atoms with E-state index in [9.17, 15) is 9.59 Å². The second kappa shape index (κ2) is 5.97. The number of hydrogen-bond donors (Lipinski definition) is 0. The zero-order valence-electron chi connectivity index (χ0n) is 12.3. The number of ketones is 1. The quantitative estimate of drug-likeness (QED) is 0.798. The molecule has 1 aromatic carbocycles. The second-order valence-corrected chi connectivity index (χ2v) is 6.67. The number of carbonyl (C=O) groups excluding carboxylic acids is 2. The molecule has 1 aliphatic rings. The van der Waals surface area contributed by atoms with E-state index >= 15 is 0 Å². The van der Waals surface area contributed by atoms with Gasteiger partial charge in [-0.2, -0.15) is 0 Å². The summed E-state index contributed by atoms with van der Waals surface area (Å²) in [6, 6.07) is 5.58. The van der Waals surface area contributed by atoms with Crippen molar-refractivity contribution in [1.29, 1.82) is 0 Å². The first-order valence-corrected chi connectivity index (χ1v) is 7.56. The first-order valence-electron chi connectivity index (χ1n) is 6.68. The van der Waals surface area contributed by atoms with E-state index in [2.05, 4.69) is 4.90 Å². The van der Waals surface area contributed by atoms with Crippen LogP contribution >= 0.6 is 11.8 Å². The van der Waals surface area contributed by atoms with E-state index in [4.69, 9.17) is 0 Å². The van der Waals surface area contributed by atoms with Gasteiger partial charge in [0, 0.05) is 23.5 Å². The van der Waals surface area contributed by atoms with Crippen LogP contribution in [0.4, 0.5) is 5.69 Å². The molecule has 0 N–H and O–H groups in total. The predicted octanol–water partition coefficient (Wildman–Crippen LogP) is 2.28. The highest BCUT2D eigenvalue weighted by Crippen LogP contribution is 2.39. The van der Waals surface area contributed by atoms with Crippen LogP contribution in [-0.4, -0.2) is 49.0 Å². The average Bonchev–Trinajstić information content (AvgIpc) is 2.38. The number of Topliss-reactive ketones (excluding diaryl/α,β-unsaturated/α-hetero) is 1. The number of thioether (sulfide) groups is 1. The molecule has 108 valence electrons. The Balaban J connectivity index is 2.35. The third-order valence-electron chi connectivity index (χ3n) is 3.35. The summed E-state index contributed by atoms with van der Waals surface area (Å²) in [6.45, 7) is 4.97. The summed E-state index contributed by atoms with van der Waals surface area (Å²) in [5.41, 5.74) is 1.62. The Morgan fingerprint density at radius 2 is 2.10 bits per heavy atom. The summed E-state index contributed by atoms with van der Waals surface area (Å²) in [6.07, 6.45) is 0. The number of rotatable bonds is 4. The van der Waals surface area contributed by atoms with Crippen molar-refractivity contribution in [1.82, 2.24) is 4.90 Å². The minimum atomic E-state index is -0.105. The molecule has 0 aliphatic carbocycles. The highest BCUT2D eigenvalue weighted by molar-refractivity contribution is 8.01. The molecule has 0 bridgehead atoms. The molecular weight excluding hydrogens is 272 g/mol. The Labute approximate surface area is 124 Å². The fourth-order valence-electron chi connectivity index (χ4n) is 2.16. The average molecular weight is 292 g/mol. The molecule has 1 atom stereocenters. The molecule has 1 heterocycles. The van der Waals surface area contributed by atoms with Crippen molar-refractivity contribution >= 4 is 29.1 Å². The molecule has 0 radical (unpaired) electrons. The summed E-state index contributed by atoms with van der Waals surface area (Å²) in [4.78, 5) is 28.7. The molecule has 0 aromatic heterocycles. The van der Waals surface area contributed by atoms with E-state index in [1.165, 1.54) is 11.8 Å². The first-order chi connectivity index (χ1) is 9.40. The summed E-state index contributed by atoms with van der Waals surface area (Å²) in [5.74, 6) is 0.192. The Morgan fingerprint density at radius 1 is 1.40 bits per heavy atom. The van der Waals surface area contributed by atoms with Crippen LogP contribution < -0.4 is 4.90 Å². The van der Waals surface area contributed by atoms with Crippen LogP contribution in [0.1, 0.15) is 24.2 Å². The van der Waals surface area contributed by atoms with Gasteiger partial charge in [-0.05, 0) is 46.1 Å². The van der Waals surface area contributed by atoms with Gasteiger partial charge in [0.1, 0.15) is 0 Å². The summed E-state index contributed by atoms with van der Waals surface area (Å²) >= 11 is 1.53. The maximum absolute atomic E-state index is 12.3. The van der Waals surface area contributed by atoms with Crippen LogP contribution in [0.15, 0.2) is 23.1 Å². The number of likely N-dealkylation sites (N-methyl/N-ethyl adjacent to an activating group) is 1. The molecular formula is C15H20N2O2S. The SMILES string of the molecule is CC(=O)c1ccc2c(c1)SC(C)C(=O)N2CCN(C)C.